The predicted molar refractivity (Wildman–Crippen MR) is 123 cm³/mol. The van der Waals surface area contributed by atoms with Crippen molar-refractivity contribution in [3.05, 3.63) is 112 Å². The predicted octanol–water partition coefficient (Wildman–Crippen LogP) is 5.72. The number of rotatable bonds is 7. The number of hydrogen-bond acceptors (Lipinski definition) is 3. The molecule has 31 heavy (non-hydrogen) atoms. The molecule has 0 saturated carbocycles. The van der Waals surface area contributed by atoms with E-state index in [1.807, 2.05) is 53.3 Å². The standard InChI is InChI=1S/C25H22ClN3O2/c1-18-6-2-3-8-21(18)15-29-16-23(14-27-29)28-25(30)20-9-4-7-19(12-20)17-31-24-11-5-10-22(26)13-24/h2-14,16H,15,17H2,1H3,(H,28,30). The van der Waals surface area contributed by atoms with Gasteiger partial charge in [0.1, 0.15) is 12.4 Å². The van der Waals surface area contributed by atoms with Crippen LogP contribution in [-0.4, -0.2) is 15.7 Å². The highest BCUT2D eigenvalue weighted by Gasteiger charge is 2.09. The van der Waals surface area contributed by atoms with Gasteiger partial charge in [0.25, 0.3) is 5.91 Å². The lowest BCUT2D eigenvalue weighted by Crippen LogP contribution is -2.12. The highest BCUT2D eigenvalue weighted by molar-refractivity contribution is 6.30. The van der Waals surface area contributed by atoms with Gasteiger partial charge in [-0.05, 0) is 53.9 Å². The maximum absolute atomic E-state index is 12.7. The summed E-state index contributed by atoms with van der Waals surface area (Å²) in [5, 5.41) is 7.88. The number of nitrogens with one attached hydrogen (secondary N) is 1. The second kappa shape index (κ2) is 9.49. The molecule has 1 heterocycles. The number of aromatic nitrogens is 2. The molecule has 3 aromatic carbocycles. The number of carbonyl (C=O) groups is 1. The summed E-state index contributed by atoms with van der Waals surface area (Å²) in [7, 11) is 0. The number of amides is 1. The van der Waals surface area contributed by atoms with Crippen LogP contribution in [0.4, 0.5) is 5.69 Å². The Labute approximate surface area is 186 Å². The normalized spacial score (nSPS) is 10.6. The minimum absolute atomic E-state index is 0.194. The molecule has 0 aliphatic heterocycles. The van der Waals surface area contributed by atoms with E-state index in [9.17, 15) is 4.79 Å². The van der Waals surface area contributed by atoms with Gasteiger partial charge in [-0.1, -0.05) is 54.1 Å². The van der Waals surface area contributed by atoms with Gasteiger partial charge < -0.3 is 10.1 Å². The number of nitrogens with zero attached hydrogens (tertiary/aromatic N) is 2. The first-order valence-electron chi connectivity index (χ1n) is 9.92. The molecule has 5 nitrogen and oxygen atoms in total. The van der Waals surface area contributed by atoms with Gasteiger partial charge in [-0.15, -0.1) is 0 Å². The van der Waals surface area contributed by atoms with E-state index in [2.05, 4.69) is 29.5 Å². The van der Waals surface area contributed by atoms with Crippen LogP contribution >= 0.6 is 11.6 Å². The van der Waals surface area contributed by atoms with Crippen molar-refractivity contribution < 1.29 is 9.53 Å². The van der Waals surface area contributed by atoms with Crippen molar-refractivity contribution in [1.82, 2.24) is 9.78 Å². The monoisotopic (exact) mass is 431 g/mol. The van der Waals surface area contributed by atoms with Gasteiger partial charge in [0.2, 0.25) is 0 Å². The van der Waals surface area contributed by atoms with E-state index in [0.717, 1.165) is 5.56 Å². The molecule has 4 rings (SSSR count). The number of halogens is 1. The van der Waals surface area contributed by atoms with Gasteiger partial charge in [0.05, 0.1) is 18.4 Å². The molecule has 6 heteroatoms. The zero-order chi connectivity index (χ0) is 21.6. The van der Waals surface area contributed by atoms with E-state index < -0.39 is 0 Å². The molecule has 0 aliphatic rings. The molecule has 1 N–H and O–H groups in total. The first-order chi connectivity index (χ1) is 15.1. The molecule has 156 valence electrons. The molecule has 1 amide bonds. The van der Waals surface area contributed by atoms with Crippen molar-refractivity contribution in [3.63, 3.8) is 0 Å². The number of hydrogen-bond donors (Lipinski definition) is 1. The molecular formula is C25H22ClN3O2. The van der Waals surface area contributed by atoms with Crippen LogP contribution in [0.1, 0.15) is 27.0 Å². The summed E-state index contributed by atoms with van der Waals surface area (Å²) in [6.45, 7) is 3.07. The van der Waals surface area contributed by atoms with E-state index >= 15 is 0 Å². The maximum atomic E-state index is 12.7. The van der Waals surface area contributed by atoms with Crippen LogP contribution in [-0.2, 0) is 13.2 Å². The van der Waals surface area contributed by atoms with Crippen LogP contribution in [0.2, 0.25) is 5.02 Å². The Morgan fingerprint density at radius 1 is 1.06 bits per heavy atom. The van der Waals surface area contributed by atoms with Crippen molar-refractivity contribution >= 4 is 23.2 Å². The van der Waals surface area contributed by atoms with Crippen LogP contribution < -0.4 is 10.1 Å². The van der Waals surface area contributed by atoms with Gasteiger partial charge in [0.15, 0.2) is 0 Å². The Hall–Kier alpha value is -3.57. The summed E-state index contributed by atoms with van der Waals surface area (Å²) in [4.78, 5) is 12.7. The first kappa shape index (κ1) is 20.7. The van der Waals surface area contributed by atoms with E-state index in [-0.39, 0.29) is 5.91 Å². The summed E-state index contributed by atoms with van der Waals surface area (Å²) >= 11 is 5.99. The Bertz CT molecular complexity index is 1200. The van der Waals surface area contributed by atoms with Gasteiger partial charge in [-0.3, -0.25) is 9.48 Å². The van der Waals surface area contributed by atoms with Crippen molar-refractivity contribution in [1.29, 1.82) is 0 Å². The number of aryl methyl sites for hydroxylation is 1. The van der Waals surface area contributed by atoms with Crippen LogP contribution in [0, 0.1) is 6.92 Å². The molecule has 0 radical (unpaired) electrons. The largest absolute Gasteiger partial charge is 0.489 e. The van der Waals surface area contributed by atoms with Crippen LogP contribution in [0.3, 0.4) is 0 Å². The first-order valence-corrected chi connectivity index (χ1v) is 10.3. The lowest BCUT2D eigenvalue weighted by Gasteiger charge is -2.08. The van der Waals surface area contributed by atoms with Gasteiger partial charge in [-0.2, -0.15) is 5.10 Å². The minimum Gasteiger partial charge on any atom is -0.489 e. The fraction of sp³-hybridized carbons (Fsp3) is 0.120. The average molecular weight is 432 g/mol. The second-order valence-electron chi connectivity index (χ2n) is 7.25. The summed E-state index contributed by atoms with van der Waals surface area (Å²) in [5.41, 5.74) is 4.50. The summed E-state index contributed by atoms with van der Waals surface area (Å²) < 4.78 is 7.58. The molecule has 1 aromatic heterocycles. The van der Waals surface area contributed by atoms with E-state index in [1.165, 1.54) is 11.1 Å². The Morgan fingerprint density at radius 3 is 2.74 bits per heavy atom. The fourth-order valence-corrected chi connectivity index (χ4v) is 3.39. The number of anilines is 1. The van der Waals surface area contributed by atoms with Crippen LogP contribution in [0.25, 0.3) is 0 Å². The molecule has 4 aromatic rings. The quantitative estimate of drug-likeness (QED) is 0.407. The fourth-order valence-electron chi connectivity index (χ4n) is 3.21. The average Bonchev–Trinajstić information content (AvgIpc) is 3.21. The topological polar surface area (TPSA) is 56.2 Å². The third-order valence-electron chi connectivity index (χ3n) is 4.88. The van der Waals surface area contributed by atoms with E-state index in [0.29, 0.717) is 35.2 Å². The second-order valence-corrected chi connectivity index (χ2v) is 7.69. The lowest BCUT2D eigenvalue weighted by molar-refractivity contribution is 0.102. The molecular weight excluding hydrogens is 410 g/mol. The molecule has 0 saturated heterocycles. The molecule has 0 atom stereocenters. The van der Waals surface area contributed by atoms with Crippen molar-refractivity contribution in [3.8, 4) is 5.75 Å². The van der Waals surface area contributed by atoms with Crippen molar-refractivity contribution in [2.75, 3.05) is 5.32 Å². The number of ether oxygens (including phenoxy) is 1. The molecule has 0 bridgehead atoms. The zero-order valence-corrected chi connectivity index (χ0v) is 17.8. The molecule has 0 unspecified atom stereocenters. The third-order valence-corrected chi connectivity index (χ3v) is 5.11. The van der Waals surface area contributed by atoms with Gasteiger partial charge in [-0.25, -0.2) is 0 Å². The molecule has 0 aliphatic carbocycles. The van der Waals surface area contributed by atoms with Gasteiger partial charge >= 0.3 is 0 Å². The van der Waals surface area contributed by atoms with Crippen molar-refractivity contribution in [2.45, 2.75) is 20.1 Å². The summed E-state index contributed by atoms with van der Waals surface area (Å²) in [6.07, 6.45) is 3.48. The molecule has 0 fully saturated rings. The smallest absolute Gasteiger partial charge is 0.255 e. The van der Waals surface area contributed by atoms with E-state index in [4.69, 9.17) is 16.3 Å². The van der Waals surface area contributed by atoms with Crippen molar-refractivity contribution in [2.24, 2.45) is 0 Å². The summed E-state index contributed by atoms with van der Waals surface area (Å²) in [5.74, 6) is 0.489. The maximum Gasteiger partial charge on any atom is 0.255 e. The number of carbonyl (C=O) groups excluding carboxylic acids is 1. The SMILES string of the molecule is Cc1ccccc1Cn1cc(NC(=O)c2cccc(COc3cccc(Cl)c3)c2)cn1. The zero-order valence-electron chi connectivity index (χ0n) is 17.1. The Balaban J connectivity index is 1.38. The molecule has 0 spiro atoms. The van der Waals surface area contributed by atoms with Gasteiger partial charge in [0, 0.05) is 16.8 Å². The lowest BCUT2D eigenvalue weighted by atomic mass is 10.1. The summed E-state index contributed by atoms with van der Waals surface area (Å²) in [6, 6.07) is 22.8. The highest BCUT2D eigenvalue weighted by atomic mass is 35.5. The van der Waals surface area contributed by atoms with Crippen LogP contribution in [0.5, 0.6) is 5.75 Å². The minimum atomic E-state index is -0.194. The number of benzene rings is 3. The Kier molecular flexibility index (Phi) is 6.34. The van der Waals surface area contributed by atoms with Crippen LogP contribution in [0.15, 0.2) is 85.2 Å². The Morgan fingerprint density at radius 2 is 1.90 bits per heavy atom. The van der Waals surface area contributed by atoms with E-state index in [1.54, 1.807) is 24.4 Å². The highest BCUT2D eigenvalue weighted by Crippen LogP contribution is 2.19. The third kappa shape index (κ3) is 5.53.